The van der Waals surface area contributed by atoms with Crippen LogP contribution in [0.15, 0.2) is 0 Å². The standard InChI is InChI=1S/C16H29ClN4/c1-4-5-12-6-8-13(9-7-12)15(19-18)10-14-11(2)20-21(3)16(14)17/h12-13,15,19H,4-10,18H2,1-3H3. The largest absolute Gasteiger partial charge is 0.271 e. The van der Waals surface area contributed by atoms with Gasteiger partial charge in [-0.1, -0.05) is 44.2 Å². The molecule has 0 aliphatic heterocycles. The van der Waals surface area contributed by atoms with E-state index in [1.807, 2.05) is 14.0 Å². The Bertz CT molecular complexity index is 449. The number of halogens is 1. The number of hydrazine groups is 1. The molecule has 1 aliphatic rings. The molecule has 1 aliphatic carbocycles. The van der Waals surface area contributed by atoms with E-state index in [1.165, 1.54) is 38.5 Å². The summed E-state index contributed by atoms with van der Waals surface area (Å²) >= 11 is 6.35. The van der Waals surface area contributed by atoms with Gasteiger partial charge in [0.15, 0.2) is 0 Å². The van der Waals surface area contributed by atoms with Gasteiger partial charge in [0.1, 0.15) is 5.15 Å². The predicted molar refractivity (Wildman–Crippen MR) is 88.1 cm³/mol. The van der Waals surface area contributed by atoms with Crippen molar-refractivity contribution in [2.24, 2.45) is 24.7 Å². The van der Waals surface area contributed by atoms with Gasteiger partial charge in [-0.2, -0.15) is 5.10 Å². The van der Waals surface area contributed by atoms with E-state index in [-0.39, 0.29) is 0 Å². The summed E-state index contributed by atoms with van der Waals surface area (Å²) in [5.41, 5.74) is 5.19. The summed E-state index contributed by atoms with van der Waals surface area (Å²) in [5, 5.41) is 5.14. The zero-order valence-corrected chi connectivity index (χ0v) is 14.3. The Morgan fingerprint density at radius 3 is 2.52 bits per heavy atom. The normalized spacial score (nSPS) is 24.2. The van der Waals surface area contributed by atoms with Gasteiger partial charge in [-0.05, 0) is 38.0 Å². The Morgan fingerprint density at radius 2 is 2.05 bits per heavy atom. The van der Waals surface area contributed by atoms with Crippen molar-refractivity contribution in [1.82, 2.24) is 15.2 Å². The Hall–Kier alpha value is -0.580. The predicted octanol–water partition coefficient (Wildman–Crippen LogP) is 3.36. The molecule has 1 atom stereocenters. The van der Waals surface area contributed by atoms with Crippen LogP contribution in [0.3, 0.4) is 0 Å². The molecule has 5 heteroatoms. The van der Waals surface area contributed by atoms with E-state index in [4.69, 9.17) is 17.4 Å². The summed E-state index contributed by atoms with van der Waals surface area (Å²) in [5.74, 6) is 7.41. The number of aromatic nitrogens is 2. The maximum absolute atomic E-state index is 6.35. The van der Waals surface area contributed by atoms with Crippen molar-refractivity contribution in [3.05, 3.63) is 16.4 Å². The average molecular weight is 313 g/mol. The van der Waals surface area contributed by atoms with Gasteiger partial charge in [-0.3, -0.25) is 16.0 Å². The lowest BCUT2D eigenvalue weighted by Crippen LogP contribution is -2.43. The number of hydrogen-bond donors (Lipinski definition) is 2. The molecule has 1 aromatic rings. The van der Waals surface area contributed by atoms with Crippen LogP contribution in [0.5, 0.6) is 0 Å². The van der Waals surface area contributed by atoms with E-state index >= 15 is 0 Å². The van der Waals surface area contributed by atoms with Crippen LogP contribution in [-0.2, 0) is 13.5 Å². The number of rotatable bonds is 6. The van der Waals surface area contributed by atoms with Gasteiger partial charge < -0.3 is 0 Å². The molecule has 0 radical (unpaired) electrons. The topological polar surface area (TPSA) is 55.9 Å². The third kappa shape index (κ3) is 3.99. The first-order valence-corrected chi connectivity index (χ1v) is 8.58. The second kappa shape index (κ2) is 7.61. The number of aryl methyl sites for hydroxylation is 2. The Morgan fingerprint density at radius 1 is 1.38 bits per heavy atom. The molecule has 1 fully saturated rings. The van der Waals surface area contributed by atoms with Crippen molar-refractivity contribution in [1.29, 1.82) is 0 Å². The molecule has 4 nitrogen and oxygen atoms in total. The van der Waals surface area contributed by atoms with Crippen molar-refractivity contribution in [3.8, 4) is 0 Å². The van der Waals surface area contributed by atoms with E-state index in [0.29, 0.717) is 12.0 Å². The Labute approximate surface area is 133 Å². The molecular formula is C16H29ClN4. The summed E-state index contributed by atoms with van der Waals surface area (Å²) in [6.45, 7) is 4.30. The van der Waals surface area contributed by atoms with Crippen LogP contribution in [0.1, 0.15) is 56.7 Å². The van der Waals surface area contributed by atoms with Crippen LogP contribution >= 0.6 is 11.6 Å². The fraction of sp³-hybridized carbons (Fsp3) is 0.812. The first-order valence-electron chi connectivity index (χ1n) is 8.20. The molecule has 21 heavy (non-hydrogen) atoms. The summed E-state index contributed by atoms with van der Waals surface area (Å²) < 4.78 is 1.75. The fourth-order valence-corrected chi connectivity index (χ4v) is 4.03. The maximum atomic E-state index is 6.35. The van der Waals surface area contributed by atoms with Crippen LogP contribution in [0.2, 0.25) is 5.15 Å². The molecule has 120 valence electrons. The molecular weight excluding hydrogens is 284 g/mol. The maximum Gasteiger partial charge on any atom is 0.130 e. The monoisotopic (exact) mass is 312 g/mol. The molecule has 0 spiro atoms. The molecule has 0 aromatic carbocycles. The first kappa shape index (κ1) is 16.8. The van der Waals surface area contributed by atoms with Gasteiger partial charge in [-0.15, -0.1) is 0 Å². The lowest BCUT2D eigenvalue weighted by molar-refractivity contribution is 0.213. The van der Waals surface area contributed by atoms with Crippen LogP contribution in [0.25, 0.3) is 0 Å². The molecule has 0 saturated heterocycles. The van der Waals surface area contributed by atoms with Gasteiger partial charge in [0, 0.05) is 18.7 Å². The minimum atomic E-state index is 0.299. The number of nitrogens with zero attached hydrogens (tertiary/aromatic N) is 2. The zero-order valence-electron chi connectivity index (χ0n) is 13.5. The minimum Gasteiger partial charge on any atom is -0.271 e. The van der Waals surface area contributed by atoms with Gasteiger partial charge in [0.05, 0.1) is 5.69 Å². The average Bonchev–Trinajstić information content (AvgIpc) is 2.72. The van der Waals surface area contributed by atoms with Crippen LogP contribution in [0, 0.1) is 18.8 Å². The summed E-state index contributed by atoms with van der Waals surface area (Å²) in [4.78, 5) is 0. The van der Waals surface area contributed by atoms with Crippen molar-refractivity contribution >= 4 is 11.6 Å². The zero-order chi connectivity index (χ0) is 15.4. The van der Waals surface area contributed by atoms with Crippen LogP contribution in [0.4, 0.5) is 0 Å². The highest BCUT2D eigenvalue weighted by molar-refractivity contribution is 6.30. The fourth-order valence-electron chi connectivity index (χ4n) is 3.77. The summed E-state index contributed by atoms with van der Waals surface area (Å²) in [6, 6.07) is 0.299. The van der Waals surface area contributed by atoms with Crippen molar-refractivity contribution in [2.45, 2.75) is 64.8 Å². The first-order chi connectivity index (χ1) is 10.1. The molecule has 2 rings (SSSR count). The van der Waals surface area contributed by atoms with Gasteiger partial charge in [0.25, 0.3) is 0 Å². The molecule has 1 saturated carbocycles. The third-order valence-corrected chi connectivity index (χ3v) is 5.54. The molecule has 0 bridgehead atoms. The van der Waals surface area contributed by atoms with E-state index in [0.717, 1.165) is 28.7 Å². The van der Waals surface area contributed by atoms with Crippen molar-refractivity contribution in [2.75, 3.05) is 0 Å². The highest BCUT2D eigenvalue weighted by atomic mass is 35.5. The van der Waals surface area contributed by atoms with E-state index < -0.39 is 0 Å². The molecule has 0 amide bonds. The smallest absolute Gasteiger partial charge is 0.130 e. The molecule has 1 aromatic heterocycles. The highest BCUT2D eigenvalue weighted by Crippen LogP contribution is 2.34. The van der Waals surface area contributed by atoms with Crippen molar-refractivity contribution in [3.63, 3.8) is 0 Å². The van der Waals surface area contributed by atoms with Crippen LogP contribution in [-0.4, -0.2) is 15.8 Å². The number of nitrogens with two attached hydrogens (primary N) is 1. The SMILES string of the molecule is CCCC1CCC(C(Cc2c(C)nn(C)c2Cl)NN)CC1. The Balaban J connectivity index is 1.97. The lowest BCUT2D eigenvalue weighted by Gasteiger charge is -2.33. The molecule has 1 heterocycles. The van der Waals surface area contributed by atoms with Crippen molar-refractivity contribution < 1.29 is 0 Å². The highest BCUT2D eigenvalue weighted by Gasteiger charge is 2.28. The molecule has 3 N–H and O–H groups in total. The van der Waals surface area contributed by atoms with Crippen LogP contribution < -0.4 is 11.3 Å². The summed E-state index contributed by atoms with van der Waals surface area (Å²) in [6.07, 6.45) is 8.79. The van der Waals surface area contributed by atoms with Gasteiger partial charge in [-0.25, -0.2) is 0 Å². The number of hydrogen-bond acceptors (Lipinski definition) is 3. The van der Waals surface area contributed by atoms with Gasteiger partial charge in [0.2, 0.25) is 0 Å². The van der Waals surface area contributed by atoms with E-state index in [9.17, 15) is 0 Å². The summed E-state index contributed by atoms with van der Waals surface area (Å²) in [7, 11) is 1.89. The minimum absolute atomic E-state index is 0.299. The second-order valence-corrected chi connectivity index (χ2v) is 6.88. The van der Waals surface area contributed by atoms with E-state index in [2.05, 4.69) is 17.4 Å². The molecule has 1 unspecified atom stereocenters. The third-order valence-electron chi connectivity index (χ3n) is 5.07. The van der Waals surface area contributed by atoms with Gasteiger partial charge >= 0.3 is 0 Å². The quantitative estimate of drug-likeness (QED) is 0.625. The number of nitrogens with one attached hydrogen (secondary N) is 1. The second-order valence-electron chi connectivity index (χ2n) is 6.53. The van der Waals surface area contributed by atoms with E-state index in [1.54, 1.807) is 4.68 Å². The Kier molecular flexibility index (Phi) is 6.08. The lowest BCUT2D eigenvalue weighted by atomic mass is 9.76.